The summed E-state index contributed by atoms with van der Waals surface area (Å²) >= 11 is 0. The van der Waals surface area contributed by atoms with Gasteiger partial charge in [0.15, 0.2) is 0 Å². The molecule has 1 rings (SSSR count). The molecule has 1 aliphatic rings. The average Bonchev–Trinajstić information content (AvgIpc) is 2.03. The first-order chi connectivity index (χ1) is 5.52. The molecule has 0 spiro atoms. The Labute approximate surface area is 89.9 Å². The fourth-order valence-electron chi connectivity index (χ4n) is 2.20. The summed E-state index contributed by atoms with van der Waals surface area (Å²) in [4.78, 5) is 0. The van der Waals surface area contributed by atoms with Crippen molar-refractivity contribution >= 4 is 20.5 Å². The molecule has 0 bridgehead atoms. The summed E-state index contributed by atoms with van der Waals surface area (Å²) in [5.74, 6) is 0.852. The third-order valence-electron chi connectivity index (χ3n) is 3.16. The number of nitrogens with two attached hydrogens (primary N) is 1. The molecule has 2 N–H and O–H groups in total. The van der Waals surface area contributed by atoms with Gasteiger partial charge < -0.3 is 5.73 Å². The van der Waals surface area contributed by atoms with Gasteiger partial charge in [0.2, 0.25) is 0 Å². The maximum atomic E-state index is 6.29. The third-order valence-corrected chi connectivity index (χ3v) is 5.63. The van der Waals surface area contributed by atoms with Gasteiger partial charge in [-0.15, -0.1) is 12.4 Å². The SMILES string of the molecule is C[Si](C)(C)C(N)C1CCCCC1.Cl. The maximum absolute atomic E-state index is 6.29. The van der Waals surface area contributed by atoms with Crippen molar-refractivity contribution in [2.45, 2.75) is 57.4 Å². The number of hydrogen-bond acceptors (Lipinski definition) is 1. The van der Waals surface area contributed by atoms with Gasteiger partial charge in [0, 0.05) is 0 Å². The molecule has 1 saturated carbocycles. The first kappa shape index (κ1) is 13.5. The number of hydrogen-bond donors (Lipinski definition) is 1. The second-order valence-corrected chi connectivity index (χ2v) is 10.7. The van der Waals surface area contributed by atoms with Crippen molar-refractivity contribution in [3.63, 3.8) is 0 Å². The minimum absolute atomic E-state index is 0. The summed E-state index contributed by atoms with van der Waals surface area (Å²) in [5, 5.41) is 0. The van der Waals surface area contributed by atoms with Crippen LogP contribution in [0.4, 0.5) is 0 Å². The lowest BCUT2D eigenvalue weighted by molar-refractivity contribution is 0.342. The molecule has 13 heavy (non-hydrogen) atoms. The van der Waals surface area contributed by atoms with Crippen molar-refractivity contribution in [1.82, 2.24) is 0 Å². The number of halogens is 1. The van der Waals surface area contributed by atoms with Gasteiger partial charge in [-0.1, -0.05) is 38.9 Å². The highest BCUT2D eigenvalue weighted by molar-refractivity contribution is 6.77. The lowest BCUT2D eigenvalue weighted by Gasteiger charge is -2.35. The highest BCUT2D eigenvalue weighted by atomic mass is 35.5. The van der Waals surface area contributed by atoms with Crippen LogP contribution in [0.2, 0.25) is 19.6 Å². The van der Waals surface area contributed by atoms with E-state index in [4.69, 9.17) is 5.73 Å². The summed E-state index contributed by atoms with van der Waals surface area (Å²) in [5.41, 5.74) is 6.83. The standard InChI is InChI=1S/C10H23NSi.ClH/c1-12(2,3)10(11)9-7-5-4-6-8-9;/h9-10H,4-8,11H2,1-3H3;1H. The van der Waals surface area contributed by atoms with Crippen molar-refractivity contribution in [1.29, 1.82) is 0 Å². The van der Waals surface area contributed by atoms with E-state index in [2.05, 4.69) is 19.6 Å². The Morgan fingerprint density at radius 3 is 1.92 bits per heavy atom. The van der Waals surface area contributed by atoms with E-state index in [1.54, 1.807) is 0 Å². The van der Waals surface area contributed by atoms with Crippen LogP contribution in [0.1, 0.15) is 32.1 Å². The molecule has 80 valence electrons. The Balaban J connectivity index is 0.00000144. The largest absolute Gasteiger partial charge is 0.330 e. The molecule has 1 aliphatic carbocycles. The lowest BCUT2D eigenvalue weighted by Crippen LogP contribution is -2.50. The molecule has 0 saturated heterocycles. The van der Waals surface area contributed by atoms with Crippen LogP contribution in [0.3, 0.4) is 0 Å². The first-order valence-corrected chi connectivity index (χ1v) is 8.85. The van der Waals surface area contributed by atoms with Gasteiger partial charge in [0.25, 0.3) is 0 Å². The zero-order valence-corrected chi connectivity index (χ0v) is 11.0. The fraction of sp³-hybridized carbons (Fsp3) is 1.00. The molecular formula is C10H24ClNSi. The molecule has 0 radical (unpaired) electrons. The molecule has 0 aromatic carbocycles. The van der Waals surface area contributed by atoms with Crippen LogP contribution in [0.5, 0.6) is 0 Å². The van der Waals surface area contributed by atoms with Crippen LogP contribution in [0, 0.1) is 5.92 Å². The molecule has 1 atom stereocenters. The van der Waals surface area contributed by atoms with Crippen LogP contribution in [-0.2, 0) is 0 Å². The van der Waals surface area contributed by atoms with Gasteiger partial charge in [-0.3, -0.25) is 0 Å². The van der Waals surface area contributed by atoms with E-state index >= 15 is 0 Å². The van der Waals surface area contributed by atoms with Gasteiger partial charge in [-0.2, -0.15) is 0 Å². The van der Waals surface area contributed by atoms with Crippen molar-refractivity contribution < 1.29 is 0 Å². The van der Waals surface area contributed by atoms with Gasteiger partial charge in [0.1, 0.15) is 0 Å². The average molecular weight is 222 g/mol. The zero-order chi connectivity index (χ0) is 9.19. The molecule has 1 fully saturated rings. The maximum Gasteiger partial charge on any atom is 0.0635 e. The van der Waals surface area contributed by atoms with Gasteiger partial charge in [-0.05, 0) is 24.4 Å². The number of rotatable bonds is 2. The van der Waals surface area contributed by atoms with Crippen LogP contribution in [-0.4, -0.2) is 13.7 Å². The molecule has 3 heteroatoms. The monoisotopic (exact) mass is 221 g/mol. The Kier molecular flexibility index (Phi) is 5.57. The predicted molar refractivity (Wildman–Crippen MR) is 65.1 cm³/mol. The molecule has 0 amide bonds. The van der Waals surface area contributed by atoms with Crippen LogP contribution < -0.4 is 5.73 Å². The molecule has 0 aliphatic heterocycles. The second-order valence-electron chi connectivity index (χ2n) is 5.29. The van der Waals surface area contributed by atoms with Gasteiger partial charge in [-0.25, -0.2) is 0 Å². The summed E-state index contributed by atoms with van der Waals surface area (Å²) in [6.07, 6.45) is 7.07. The minimum atomic E-state index is -1.07. The van der Waals surface area contributed by atoms with Crippen LogP contribution >= 0.6 is 12.4 Å². The third kappa shape index (κ3) is 4.01. The molecular weight excluding hydrogens is 198 g/mol. The Morgan fingerprint density at radius 1 is 1.08 bits per heavy atom. The van der Waals surface area contributed by atoms with E-state index in [0.717, 1.165) is 5.92 Å². The lowest BCUT2D eigenvalue weighted by atomic mass is 9.89. The van der Waals surface area contributed by atoms with Gasteiger partial charge in [0.05, 0.1) is 8.07 Å². The van der Waals surface area contributed by atoms with Crippen LogP contribution in [0.15, 0.2) is 0 Å². The van der Waals surface area contributed by atoms with Crippen molar-refractivity contribution in [2.75, 3.05) is 0 Å². The summed E-state index contributed by atoms with van der Waals surface area (Å²) < 4.78 is 0. The topological polar surface area (TPSA) is 26.0 Å². The smallest absolute Gasteiger partial charge is 0.0635 e. The highest BCUT2D eigenvalue weighted by Crippen LogP contribution is 2.29. The van der Waals surface area contributed by atoms with Crippen molar-refractivity contribution in [2.24, 2.45) is 11.7 Å². The Morgan fingerprint density at radius 2 is 1.54 bits per heavy atom. The van der Waals surface area contributed by atoms with Crippen molar-refractivity contribution in [3.8, 4) is 0 Å². The van der Waals surface area contributed by atoms with Crippen LogP contribution in [0.25, 0.3) is 0 Å². The van der Waals surface area contributed by atoms with Gasteiger partial charge >= 0.3 is 0 Å². The molecule has 0 aromatic rings. The zero-order valence-electron chi connectivity index (χ0n) is 9.18. The predicted octanol–water partition coefficient (Wildman–Crippen LogP) is 3.19. The first-order valence-electron chi connectivity index (χ1n) is 5.27. The summed E-state index contributed by atoms with van der Waals surface area (Å²) in [7, 11) is -1.07. The Bertz CT molecular complexity index is 138. The molecule has 1 nitrogen and oxygen atoms in total. The van der Waals surface area contributed by atoms with E-state index < -0.39 is 8.07 Å². The summed E-state index contributed by atoms with van der Waals surface area (Å²) in [6, 6.07) is 0. The molecule has 0 aromatic heterocycles. The summed E-state index contributed by atoms with van der Waals surface area (Å²) in [6.45, 7) is 7.19. The highest BCUT2D eigenvalue weighted by Gasteiger charge is 2.30. The normalized spacial score (nSPS) is 22.2. The Hall–Kier alpha value is 0.467. The fourth-order valence-corrected chi connectivity index (χ4v) is 3.95. The quantitative estimate of drug-likeness (QED) is 0.713. The van der Waals surface area contributed by atoms with Crippen molar-refractivity contribution in [3.05, 3.63) is 0 Å². The van der Waals surface area contributed by atoms with E-state index in [1.165, 1.54) is 32.1 Å². The van der Waals surface area contributed by atoms with E-state index in [0.29, 0.717) is 5.67 Å². The molecule has 0 heterocycles. The molecule has 1 unspecified atom stereocenters. The van der Waals surface area contributed by atoms with E-state index in [1.807, 2.05) is 0 Å². The minimum Gasteiger partial charge on any atom is -0.330 e. The second kappa shape index (κ2) is 5.37. The van der Waals surface area contributed by atoms with E-state index in [9.17, 15) is 0 Å². The van der Waals surface area contributed by atoms with E-state index in [-0.39, 0.29) is 12.4 Å².